The fourth-order valence-electron chi connectivity index (χ4n) is 1.30. The van der Waals surface area contributed by atoms with Crippen LogP contribution in [-0.2, 0) is 0 Å². The summed E-state index contributed by atoms with van der Waals surface area (Å²) in [4.78, 5) is 12.4. The summed E-state index contributed by atoms with van der Waals surface area (Å²) in [5, 5.41) is 5.12. The van der Waals surface area contributed by atoms with Gasteiger partial charge in [-0.05, 0) is 23.6 Å². The number of carbonyl (C=O) groups is 1. The van der Waals surface area contributed by atoms with Crippen LogP contribution in [0.4, 0.5) is 11.4 Å². The normalized spacial score (nSPS) is 10.2. The molecule has 6 heteroatoms. The molecule has 0 saturated carbocycles. The highest BCUT2D eigenvalue weighted by Crippen LogP contribution is 2.33. The van der Waals surface area contributed by atoms with E-state index in [1.807, 2.05) is 5.38 Å². The molecule has 1 aromatic heterocycles. The maximum absolute atomic E-state index is 11.8. The minimum atomic E-state index is -0.242. The molecule has 0 atom stereocenters. The zero-order valence-electron chi connectivity index (χ0n) is 8.54. The van der Waals surface area contributed by atoms with Crippen molar-refractivity contribution in [1.82, 2.24) is 0 Å². The quantitative estimate of drug-likeness (QED) is 0.823. The highest BCUT2D eigenvalue weighted by molar-refractivity contribution is 7.12. The van der Waals surface area contributed by atoms with Gasteiger partial charge in [0.15, 0.2) is 0 Å². The van der Waals surface area contributed by atoms with Gasteiger partial charge in [0.1, 0.15) is 0 Å². The lowest BCUT2D eigenvalue weighted by Gasteiger charge is -2.09. The molecule has 2 aromatic rings. The third kappa shape index (κ3) is 2.72. The van der Waals surface area contributed by atoms with Gasteiger partial charge in [0.05, 0.1) is 20.6 Å². The molecule has 1 heterocycles. The van der Waals surface area contributed by atoms with Crippen LogP contribution >= 0.6 is 34.5 Å². The molecule has 0 unspecified atom stereocenters. The molecule has 0 fully saturated rings. The number of nitrogen functional groups attached to an aromatic ring is 1. The van der Waals surface area contributed by atoms with Crippen molar-refractivity contribution >= 4 is 51.8 Å². The predicted octanol–water partition coefficient (Wildman–Crippen LogP) is 3.89. The monoisotopic (exact) mass is 286 g/mol. The second-order valence-electron chi connectivity index (χ2n) is 3.29. The first-order chi connectivity index (χ1) is 8.08. The van der Waals surface area contributed by atoms with Crippen LogP contribution in [0.2, 0.25) is 10.0 Å². The molecule has 0 aliphatic heterocycles. The third-order valence-corrected chi connectivity index (χ3v) is 3.51. The maximum Gasteiger partial charge on any atom is 0.265 e. The Kier molecular flexibility index (Phi) is 3.57. The van der Waals surface area contributed by atoms with Crippen LogP contribution in [0.1, 0.15) is 9.67 Å². The highest BCUT2D eigenvalue weighted by Gasteiger charge is 2.12. The van der Waals surface area contributed by atoms with Gasteiger partial charge in [-0.2, -0.15) is 0 Å². The van der Waals surface area contributed by atoms with Crippen LogP contribution in [0.5, 0.6) is 0 Å². The summed E-state index contributed by atoms with van der Waals surface area (Å²) in [5.41, 5.74) is 6.40. The molecule has 1 amide bonds. The standard InChI is InChI=1S/C11H8Cl2N2OS/c12-7-4-6(14)5-8(13)10(7)15-11(16)9-2-1-3-17-9/h1-5H,14H2,(H,15,16). The molecular formula is C11H8Cl2N2OS. The Bertz CT molecular complexity index is 532. The first kappa shape index (κ1) is 12.2. The zero-order valence-corrected chi connectivity index (χ0v) is 10.9. The minimum absolute atomic E-state index is 0.242. The summed E-state index contributed by atoms with van der Waals surface area (Å²) in [6, 6.07) is 6.60. The summed E-state index contributed by atoms with van der Waals surface area (Å²) in [6.07, 6.45) is 0. The summed E-state index contributed by atoms with van der Waals surface area (Å²) >= 11 is 13.3. The van der Waals surface area contributed by atoms with E-state index in [1.165, 1.54) is 23.5 Å². The van der Waals surface area contributed by atoms with Gasteiger partial charge in [-0.15, -0.1) is 11.3 Å². The van der Waals surface area contributed by atoms with Gasteiger partial charge >= 0.3 is 0 Å². The van der Waals surface area contributed by atoms with E-state index in [9.17, 15) is 4.79 Å². The fraction of sp³-hybridized carbons (Fsp3) is 0. The van der Waals surface area contributed by atoms with Gasteiger partial charge in [-0.25, -0.2) is 0 Å². The van der Waals surface area contributed by atoms with Crippen LogP contribution in [0.3, 0.4) is 0 Å². The van der Waals surface area contributed by atoms with Gasteiger partial charge < -0.3 is 11.1 Å². The first-order valence-electron chi connectivity index (χ1n) is 4.67. The largest absolute Gasteiger partial charge is 0.399 e. The minimum Gasteiger partial charge on any atom is -0.399 e. The van der Waals surface area contributed by atoms with E-state index in [2.05, 4.69) is 5.32 Å². The first-order valence-corrected chi connectivity index (χ1v) is 6.31. The van der Waals surface area contributed by atoms with Crippen molar-refractivity contribution in [3.63, 3.8) is 0 Å². The topological polar surface area (TPSA) is 55.1 Å². The van der Waals surface area contributed by atoms with Gasteiger partial charge in [-0.3, -0.25) is 4.79 Å². The number of hydrogen-bond donors (Lipinski definition) is 2. The average Bonchev–Trinajstić information content (AvgIpc) is 2.76. The number of amides is 1. The highest BCUT2D eigenvalue weighted by atomic mass is 35.5. The molecule has 2 rings (SSSR count). The Morgan fingerprint density at radius 1 is 1.29 bits per heavy atom. The molecule has 3 nitrogen and oxygen atoms in total. The van der Waals surface area contributed by atoms with Gasteiger partial charge in [0.25, 0.3) is 5.91 Å². The fourth-order valence-corrected chi connectivity index (χ4v) is 2.51. The van der Waals surface area contributed by atoms with Crippen molar-refractivity contribution in [1.29, 1.82) is 0 Å². The molecule has 0 bridgehead atoms. The Labute approximate surface area is 112 Å². The lowest BCUT2D eigenvalue weighted by molar-refractivity contribution is 0.103. The summed E-state index contributed by atoms with van der Waals surface area (Å²) in [5.74, 6) is -0.242. The van der Waals surface area contributed by atoms with E-state index in [4.69, 9.17) is 28.9 Å². The Morgan fingerprint density at radius 2 is 1.94 bits per heavy atom. The van der Waals surface area contributed by atoms with Crippen molar-refractivity contribution in [3.8, 4) is 0 Å². The third-order valence-electron chi connectivity index (χ3n) is 2.05. The van der Waals surface area contributed by atoms with Crippen LogP contribution < -0.4 is 11.1 Å². The molecule has 88 valence electrons. The van der Waals surface area contributed by atoms with E-state index >= 15 is 0 Å². The van der Waals surface area contributed by atoms with Crippen molar-refractivity contribution in [2.45, 2.75) is 0 Å². The van der Waals surface area contributed by atoms with Crippen molar-refractivity contribution in [2.24, 2.45) is 0 Å². The van der Waals surface area contributed by atoms with Crippen molar-refractivity contribution < 1.29 is 4.79 Å². The number of nitrogens with two attached hydrogens (primary N) is 1. The molecule has 0 radical (unpaired) electrons. The van der Waals surface area contributed by atoms with E-state index in [1.54, 1.807) is 12.1 Å². The smallest absolute Gasteiger partial charge is 0.265 e. The van der Waals surface area contributed by atoms with E-state index in [-0.39, 0.29) is 5.91 Å². The number of benzene rings is 1. The molecular weight excluding hydrogens is 279 g/mol. The lowest BCUT2D eigenvalue weighted by Crippen LogP contribution is -2.11. The van der Waals surface area contributed by atoms with Crippen LogP contribution in [0.15, 0.2) is 29.6 Å². The molecule has 1 aromatic carbocycles. The molecule has 3 N–H and O–H groups in total. The summed E-state index contributed by atoms with van der Waals surface area (Å²) in [7, 11) is 0. The van der Waals surface area contributed by atoms with Gasteiger partial charge in [0.2, 0.25) is 0 Å². The lowest BCUT2D eigenvalue weighted by atomic mass is 10.2. The van der Waals surface area contributed by atoms with E-state index < -0.39 is 0 Å². The van der Waals surface area contributed by atoms with Crippen LogP contribution in [-0.4, -0.2) is 5.91 Å². The van der Waals surface area contributed by atoms with Gasteiger partial charge in [0, 0.05) is 5.69 Å². The number of carbonyl (C=O) groups excluding carboxylic acids is 1. The molecule has 0 aliphatic carbocycles. The van der Waals surface area contributed by atoms with Crippen LogP contribution in [0, 0.1) is 0 Å². The van der Waals surface area contributed by atoms with Crippen molar-refractivity contribution in [3.05, 3.63) is 44.6 Å². The predicted molar refractivity (Wildman–Crippen MR) is 73.1 cm³/mol. The second-order valence-corrected chi connectivity index (χ2v) is 5.05. The number of anilines is 2. The van der Waals surface area contributed by atoms with Crippen LogP contribution in [0.25, 0.3) is 0 Å². The molecule has 0 saturated heterocycles. The maximum atomic E-state index is 11.8. The Balaban J connectivity index is 2.28. The number of hydrogen-bond acceptors (Lipinski definition) is 3. The van der Waals surface area contributed by atoms with Crippen molar-refractivity contribution in [2.75, 3.05) is 11.1 Å². The summed E-state index contributed by atoms with van der Waals surface area (Å²) < 4.78 is 0. The number of halogens is 2. The number of rotatable bonds is 2. The SMILES string of the molecule is Nc1cc(Cl)c(NC(=O)c2cccs2)c(Cl)c1. The van der Waals surface area contributed by atoms with Gasteiger partial charge in [-0.1, -0.05) is 29.3 Å². The second kappa shape index (κ2) is 4.96. The average molecular weight is 287 g/mol. The molecule has 0 aliphatic rings. The molecule has 17 heavy (non-hydrogen) atoms. The Morgan fingerprint density at radius 3 is 2.47 bits per heavy atom. The summed E-state index contributed by atoms with van der Waals surface area (Å²) in [6.45, 7) is 0. The zero-order chi connectivity index (χ0) is 12.4. The molecule has 0 spiro atoms. The number of nitrogens with one attached hydrogen (secondary N) is 1. The van der Waals surface area contributed by atoms with E-state index in [0.29, 0.717) is 26.3 Å². The number of thiophene rings is 1. The Hall–Kier alpha value is -1.23. The van der Waals surface area contributed by atoms with E-state index in [0.717, 1.165) is 0 Å².